The highest BCUT2D eigenvalue weighted by Crippen LogP contribution is 2.41. The minimum atomic E-state index is -2.46. The number of ether oxygens (including phenoxy) is 1. The van der Waals surface area contributed by atoms with Gasteiger partial charge in [-0.15, -0.1) is 0 Å². The predicted molar refractivity (Wildman–Crippen MR) is 57.2 cm³/mol. The number of alkyl halides is 2. The molecule has 0 radical (unpaired) electrons. The summed E-state index contributed by atoms with van der Waals surface area (Å²) in [6, 6.07) is 0. The van der Waals surface area contributed by atoms with E-state index in [0.717, 1.165) is 12.8 Å². The number of hydrogen-bond donors (Lipinski definition) is 0. The maximum absolute atomic E-state index is 13.6. The average Bonchev–Trinajstić information content (AvgIpc) is 2.19. The van der Waals surface area contributed by atoms with Gasteiger partial charge in [-0.3, -0.25) is 0 Å². The molecular formula is C12H22F2O. The molecule has 0 bridgehead atoms. The maximum atomic E-state index is 13.6. The van der Waals surface area contributed by atoms with E-state index in [2.05, 4.69) is 0 Å². The first-order valence-corrected chi connectivity index (χ1v) is 6.09. The molecule has 1 aliphatic rings. The molecule has 1 fully saturated rings. The first kappa shape index (κ1) is 12.9. The molecule has 0 amide bonds. The van der Waals surface area contributed by atoms with Crippen molar-refractivity contribution < 1.29 is 13.5 Å². The van der Waals surface area contributed by atoms with E-state index >= 15 is 0 Å². The highest BCUT2D eigenvalue weighted by molar-refractivity contribution is 4.86. The summed E-state index contributed by atoms with van der Waals surface area (Å²) in [5, 5.41) is 0. The van der Waals surface area contributed by atoms with Crippen molar-refractivity contribution in [3.8, 4) is 0 Å². The fraction of sp³-hybridized carbons (Fsp3) is 1.00. The molecule has 15 heavy (non-hydrogen) atoms. The highest BCUT2D eigenvalue weighted by atomic mass is 19.3. The molecular weight excluding hydrogens is 198 g/mol. The summed E-state index contributed by atoms with van der Waals surface area (Å²) in [6.45, 7) is 4.60. The van der Waals surface area contributed by atoms with Crippen LogP contribution in [0.3, 0.4) is 0 Å². The van der Waals surface area contributed by atoms with Crippen molar-refractivity contribution in [2.75, 3.05) is 6.61 Å². The minimum absolute atomic E-state index is 0.00600. The molecule has 90 valence electrons. The van der Waals surface area contributed by atoms with Gasteiger partial charge in [0.25, 0.3) is 5.92 Å². The zero-order chi connectivity index (χ0) is 11.3. The Hall–Kier alpha value is -0.180. The van der Waals surface area contributed by atoms with Gasteiger partial charge in [-0.25, -0.2) is 8.78 Å². The van der Waals surface area contributed by atoms with Crippen molar-refractivity contribution in [3.05, 3.63) is 0 Å². The highest BCUT2D eigenvalue weighted by Gasteiger charge is 2.44. The fourth-order valence-corrected chi connectivity index (χ4v) is 2.33. The topological polar surface area (TPSA) is 9.23 Å². The van der Waals surface area contributed by atoms with E-state index in [0.29, 0.717) is 25.9 Å². The van der Waals surface area contributed by atoms with Gasteiger partial charge >= 0.3 is 0 Å². The molecule has 0 N–H and O–H groups in total. The zero-order valence-corrected chi connectivity index (χ0v) is 9.77. The second-order valence-electron chi connectivity index (χ2n) is 4.45. The van der Waals surface area contributed by atoms with Crippen LogP contribution in [0.1, 0.15) is 52.4 Å². The van der Waals surface area contributed by atoms with E-state index in [1.165, 1.54) is 0 Å². The summed E-state index contributed by atoms with van der Waals surface area (Å²) in [6.07, 6.45) is 3.67. The molecule has 3 heteroatoms. The molecule has 1 saturated carbocycles. The van der Waals surface area contributed by atoms with Crippen molar-refractivity contribution in [2.45, 2.75) is 64.4 Å². The van der Waals surface area contributed by atoms with Gasteiger partial charge in [0.15, 0.2) is 0 Å². The van der Waals surface area contributed by atoms with Crippen LogP contribution in [0.25, 0.3) is 0 Å². The van der Waals surface area contributed by atoms with Crippen LogP contribution in [0.15, 0.2) is 0 Å². The Bertz CT molecular complexity index is 182. The molecule has 1 rings (SSSR count). The first-order valence-electron chi connectivity index (χ1n) is 6.09. The quantitative estimate of drug-likeness (QED) is 0.680. The van der Waals surface area contributed by atoms with Gasteiger partial charge in [-0.1, -0.05) is 19.8 Å². The largest absolute Gasteiger partial charge is 0.378 e. The fourth-order valence-electron chi connectivity index (χ4n) is 2.33. The van der Waals surface area contributed by atoms with Crippen LogP contribution in [0.2, 0.25) is 0 Å². The summed E-state index contributed by atoms with van der Waals surface area (Å²) in [4.78, 5) is 0. The third kappa shape index (κ3) is 3.71. The Labute approximate surface area is 91.2 Å². The minimum Gasteiger partial charge on any atom is -0.378 e. The third-order valence-electron chi connectivity index (χ3n) is 3.25. The van der Waals surface area contributed by atoms with Crippen LogP contribution in [0.4, 0.5) is 8.78 Å². The smallest absolute Gasteiger partial charge is 0.251 e. The lowest BCUT2D eigenvalue weighted by Gasteiger charge is -2.35. The van der Waals surface area contributed by atoms with Gasteiger partial charge in [0.05, 0.1) is 6.10 Å². The van der Waals surface area contributed by atoms with E-state index in [1.807, 2.05) is 13.8 Å². The molecule has 2 atom stereocenters. The van der Waals surface area contributed by atoms with E-state index in [4.69, 9.17) is 4.74 Å². The Morgan fingerprint density at radius 2 is 2.07 bits per heavy atom. The molecule has 0 aromatic heterocycles. The van der Waals surface area contributed by atoms with Crippen molar-refractivity contribution in [1.29, 1.82) is 0 Å². The maximum Gasteiger partial charge on any atom is 0.251 e. The zero-order valence-electron chi connectivity index (χ0n) is 9.77. The number of hydrogen-bond acceptors (Lipinski definition) is 1. The Morgan fingerprint density at radius 1 is 1.33 bits per heavy atom. The predicted octanol–water partition coefficient (Wildman–Crippen LogP) is 4.02. The summed E-state index contributed by atoms with van der Waals surface area (Å²) in [7, 11) is 0. The van der Waals surface area contributed by atoms with Gasteiger partial charge in [-0.05, 0) is 26.2 Å². The Morgan fingerprint density at radius 3 is 2.67 bits per heavy atom. The van der Waals surface area contributed by atoms with Crippen molar-refractivity contribution in [2.24, 2.45) is 5.92 Å². The Balaban J connectivity index is 2.46. The SMILES string of the molecule is CCCCC1CC(OCC)CCC1(F)F. The average molecular weight is 220 g/mol. The lowest BCUT2D eigenvalue weighted by molar-refractivity contribution is -0.126. The van der Waals surface area contributed by atoms with Gasteiger partial charge in [-0.2, -0.15) is 0 Å². The van der Waals surface area contributed by atoms with E-state index in [1.54, 1.807) is 0 Å². The van der Waals surface area contributed by atoms with Crippen LogP contribution in [0, 0.1) is 5.92 Å². The lowest BCUT2D eigenvalue weighted by Crippen LogP contribution is -2.38. The van der Waals surface area contributed by atoms with Crippen LogP contribution >= 0.6 is 0 Å². The first-order chi connectivity index (χ1) is 7.10. The molecule has 0 aromatic carbocycles. The monoisotopic (exact) mass is 220 g/mol. The summed E-state index contributed by atoms with van der Waals surface area (Å²) in [5.41, 5.74) is 0. The van der Waals surface area contributed by atoms with E-state index in [-0.39, 0.29) is 12.5 Å². The van der Waals surface area contributed by atoms with Crippen LogP contribution < -0.4 is 0 Å². The third-order valence-corrected chi connectivity index (χ3v) is 3.25. The van der Waals surface area contributed by atoms with Gasteiger partial charge < -0.3 is 4.74 Å². The molecule has 0 aliphatic heterocycles. The summed E-state index contributed by atoms with van der Waals surface area (Å²) >= 11 is 0. The van der Waals surface area contributed by atoms with Crippen LogP contribution in [0.5, 0.6) is 0 Å². The van der Waals surface area contributed by atoms with Gasteiger partial charge in [0.1, 0.15) is 0 Å². The van der Waals surface area contributed by atoms with Crippen LogP contribution in [-0.2, 0) is 4.74 Å². The van der Waals surface area contributed by atoms with E-state index < -0.39 is 11.8 Å². The Kier molecular flexibility index (Phi) is 4.97. The van der Waals surface area contributed by atoms with Gasteiger partial charge in [0.2, 0.25) is 0 Å². The van der Waals surface area contributed by atoms with Crippen molar-refractivity contribution >= 4 is 0 Å². The molecule has 0 aromatic rings. The number of unbranched alkanes of at least 4 members (excludes halogenated alkanes) is 1. The molecule has 1 nitrogen and oxygen atoms in total. The number of rotatable bonds is 5. The standard InChI is InChI=1S/C12H22F2O/c1-3-5-6-10-9-11(15-4-2)7-8-12(10,13)14/h10-11H,3-9H2,1-2H3. The molecule has 0 saturated heterocycles. The number of halogens is 2. The molecule has 0 spiro atoms. The molecule has 0 heterocycles. The van der Waals surface area contributed by atoms with Crippen molar-refractivity contribution in [3.63, 3.8) is 0 Å². The van der Waals surface area contributed by atoms with Crippen molar-refractivity contribution in [1.82, 2.24) is 0 Å². The second kappa shape index (κ2) is 5.78. The second-order valence-corrected chi connectivity index (χ2v) is 4.45. The van der Waals surface area contributed by atoms with E-state index in [9.17, 15) is 8.78 Å². The van der Waals surface area contributed by atoms with Gasteiger partial charge in [0, 0.05) is 18.9 Å². The van der Waals surface area contributed by atoms with Crippen LogP contribution in [-0.4, -0.2) is 18.6 Å². The normalized spacial score (nSPS) is 30.4. The summed E-state index contributed by atoms with van der Waals surface area (Å²) < 4.78 is 32.6. The molecule has 1 aliphatic carbocycles. The lowest BCUT2D eigenvalue weighted by atomic mass is 9.81. The molecule has 2 unspecified atom stereocenters. The summed E-state index contributed by atoms with van der Waals surface area (Å²) in [5.74, 6) is -2.91.